The molecule has 198 valence electrons. The normalized spacial score (nSPS) is 14.2. The fraction of sp³-hybridized carbons (Fsp3) is 0.0789. The van der Waals surface area contributed by atoms with Crippen LogP contribution in [-0.2, 0) is 5.41 Å². The molecular weight excluding hydrogens is 532 g/mol. The molecule has 0 saturated heterocycles. The number of benzene rings is 5. The van der Waals surface area contributed by atoms with E-state index in [1.165, 1.54) is 44.1 Å². The highest BCUT2D eigenvalue weighted by atomic mass is 32.1. The van der Waals surface area contributed by atoms with Crippen molar-refractivity contribution in [3.8, 4) is 16.1 Å². The lowest BCUT2D eigenvalue weighted by atomic mass is 9.82. The van der Waals surface area contributed by atoms with E-state index in [1.807, 2.05) is 22.6 Å². The minimum Gasteiger partial charge on any atom is -0.301 e. The SMILES string of the molecule is CC1(C)c2ccccc2-c2cc3c4ccccc4n(-c4cc5c(s4)c4cccc6c7ccccc7c(=O)n5c64)c3cc21. The molecule has 0 amide bonds. The Morgan fingerprint density at radius 3 is 2.17 bits per heavy atom. The van der Waals surface area contributed by atoms with Crippen LogP contribution in [0.3, 0.4) is 0 Å². The number of hydrogen-bond donors (Lipinski definition) is 0. The van der Waals surface area contributed by atoms with Gasteiger partial charge in [0, 0.05) is 32.3 Å². The summed E-state index contributed by atoms with van der Waals surface area (Å²) in [7, 11) is 0. The first kappa shape index (κ1) is 22.7. The summed E-state index contributed by atoms with van der Waals surface area (Å²) in [6.07, 6.45) is 0. The quantitative estimate of drug-likeness (QED) is 0.185. The Morgan fingerprint density at radius 1 is 0.571 bits per heavy atom. The summed E-state index contributed by atoms with van der Waals surface area (Å²) < 4.78 is 5.52. The second kappa shape index (κ2) is 7.47. The van der Waals surface area contributed by atoms with E-state index in [-0.39, 0.29) is 11.0 Å². The summed E-state index contributed by atoms with van der Waals surface area (Å²) in [5, 5.41) is 7.68. The molecule has 4 heterocycles. The molecule has 1 aliphatic carbocycles. The maximum Gasteiger partial charge on any atom is 0.263 e. The highest BCUT2D eigenvalue weighted by molar-refractivity contribution is 7.22. The summed E-state index contributed by atoms with van der Waals surface area (Å²) in [6.45, 7) is 4.68. The smallest absolute Gasteiger partial charge is 0.263 e. The predicted molar refractivity (Wildman–Crippen MR) is 177 cm³/mol. The molecule has 4 heteroatoms. The minimum atomic E-state index is -0.0818. The van der Waals surface area contributed by atoms with Crippen LogP contribution in [-0.4, -0.2) is 8.97 Å². The van der Waals surface area contributed by atoms with E-state index in [9.17, 15) is 4.79 Å². The number of hydrogen-bond acceptors (Lipinski definition) is 2. The molecule has 1 aliphatic rings. The lowest BCUT2D eigenvalue weighted by Crippen LogP contribution is -2.14. The Balaban J connectivity index is 1.34. The molecule has 9 aromatic rings. The molecule has 0 spiro atoms. The number of nitrogens with zero attached hydrogens (tertiary/aromatic N) is 2. The number of rotatable bonds is 1. The van der Waals surface area contributed by atoms with E-state index >= 15 is 0 Å². The zero-order chi connectivity index (χ0) is 27.9. The largest absolute Gasteiger partial charge is 0.301 e. The van der Waals surface area contributed by atoms with Gasteiger partial charge in [0.25, 0.3) is 5.56 Å². The minimum absolute atomic E-state index is 0.0493. The zero-order valence-corrected chi connectivity index (χ0v) is 23.9. The van der Waals surface area contributed by atoms with Gasteiger partial charge in [0.1, 0.15) is 5.00 Å². The Bertz CT molecular complexity index is 2680. The molecular formula is C38H24N2OS. The molecule has 0 radical (unpaired) electrons. The van der Waals surface area contributed by atoms with E-state index in [1.54, 1.807) is 11.3 Å². The van der Waals surface area contributed by atoms with Crippen LogP contribution in [0.5, 0.6) is 0 Å². The number of aromatic nitrogens is 2. The fourth-order valence-electron chi connectivity index (χ4n) is 7.78. The van der Waals surface area contributed by atoms with Crippen LogP contribution in [0.25, 0.3) is 75.2 Å². The molecule has 4 aromatic heterocycles. The van der Waals surface area contributed by atoms with Gasteiger partial charge in [0.15, 0.2) is 0 Å². The topological polar surface area (TPSA) is 26.4 Å². The molecule has 0 aliphatic heterocycles. The van der Waals surface area contributed by atoms with Gasteiger partial charge in [-0.2, -0.15) is 0 Å². The van der Waals surface area contributed by atoms with E-state index < -0.39 is 0 Å². The third-order valence-corrected chi connectivity index (χ3v) is 10.8. The van der Waals surface area contributed by atoms with E-state index in [2.05, 4.69) is 109 Å². The first-order chi connectivity index (χ1) is 20.5. The Labute approximate surface area is 244 Å². The summed E-state index contributed by atoms with van der Waals surface area (Å²) in [5.74, 6) is 0. The molecule has 0 bridgehead atoms. The number of thiophene rings is 1. The fourth-order valence-corrected chi connectivity index (χ4v) is 8.98. The number of para-hydroxylation sites is 2. The lowest BCUT2D eigenvalue weighted by Gasteiger charge is -2.21. The first-order valence-electron chi connectivity index (χ1n) is 14.4. The van der Waals surface area contributed by atoms with Crippen molar-refractivity contribution in [3.63, 3.8) is 0 Å². The summed E-state index contributed by atoms with van der Waals surface area (Å²) in [5.41, 5.74) is 9.78. The van der Waals surface area contributed by atoms with Crippen LogP contribution in [0.2, 0.25) is 0 Å². The molecule has 3 nitrogen and oxygen atoms in total. The van der Waals surface area contributed by atoms with Crippen LogP contribution in [0.4, 0.5) is 0 Å². The van der Waals surface area contributed by atoms with Crippen LogP contribution < -0.4 is 5.56 Å². The molecule has 0 atom stereocenters. The van der Waals surface area contributed by atoms with E-state index in [4.69, 9.17) is 0 Å². The molecule has 0 N–H and O–H groups in total. The monoisotopic (exact) mass is 556 g/mol. The lowest BCUT2D eigenvalue weighted by molar-refractivity contribution is 0.661. The highest BCUT2D eigenvalue weighted by Gasteiger charge is 2.36. The molecule has 5 aromatic carbocycles. The van der Waals surface area contributed by atoms with Gasteiger partial charge in [-0.05, 0) is 58.0 Å². The van der Waals surface area contributed by atoms with Crippen LogP contribution in [0, 0.1) is 0 Å². The Kier molecular flexibility index (Phi) is 4.04. The Hall–Kier alpha value is -4.93. The van der Waals surface area contributed by atoms with Gasteiger partial charge in [-0.1, -0.05) is 92.7 Å². The first-order valence-corrected chi connectivity index (χ1v) is 15.2. The Morgan fingerprint density at radius 2 is 1.29 bits per heavy atom. The maximum atomic E-state index is 14.0. The van der Waals surface area contributed by atoms with Crippen molar-refractivity contribution in [2.75, 3.05) is 0 Å². The van der Waals surface area contributed by atoms with Gasteiger partial charge >= 0.3 is 0 Å². The van der Waals surface area contributed by atoms with E-state index in [0.717, 1.165) is 42.3 Å². The van der Waals surface area contributed by atoms with Crippen molar-refractivity contribution in [3.05, 3.63) is 131 Å². The highest BCUT2D eigenvalue weighted by Crippen LogP contribution is 2.51. The summed E-state index contributed by atoms with van der Waals surface area (Å²) >= 11 is 1.78. The summed E-state index contributed by atoms with van der Waals surface area (Å²) in [4.78, 5) is 14.0. The average Bonchev–Trinajstić information content (AvgIpc) is 3.72. The van der Waals surface area contributed by atoms with Crippen molar-refractivity contribution in [1.29, 1.82) is 0 Å². The molecule has 0 saturated carbocycles. The van der Waals surface area contributed by atoms with Gasteiger partial charge in [-0.25, -0.2) is 0 Å². The summed E-state index contributed by atoms with van der Waals surface area (Å²) in [6, 6.07) is 39.0. The second-order valence-electron chi connectivity index (χ2n) is 12.1. The van der Waals surface area contributed by atoms with Crippen molar-refractivity contribution >= 4 is 70.4 Å². The van der Waals surface area contributed by atoms with Gasteiger partial charge in [0.05, 0.1) is 26.8 Å². The van der Waals surface area contributed by atoms with Crippen LogP contribution in [0.1, 0.15) is 25.0 Å². The standard InChI is InChI=1S/C38H24N2OS/c1-38(2)29-16-7-5-11-22(29)27-18-28-23-12-6-8-17-31(23)39(32(28)19-30(27)38)34-20-33-36(42-34)26-15-9-14-24-21-10-3-4-13-25(21)37(41)40(33)35(24)26/h3-20H,1-2H3. The second-order valence-corrected chi connectivity index (χ2v) is 13.2. The average molecular weight is 557 g/mol. The van der Waals surface area contributed by atoms with Crippen molar-refractivity contribution in [2.45, 2.75) is 19.3 Å². The van der Waals surface area contributed by atoms with Gasteiger partial charge < -0.3 is 4.57 Å². The third-order valence-electron chi connectivity index (χ3n) is 9.69. The van der Waals surface area contributed by atoms with Gasteiger partial charge in [-0.3, -0.25) is 9.20 Å². The zero-order valence-electron chi connectivity index (χ0n) is 23.1. The maximum absolute atomic E-state index is 14.0. The number of pyridine rings is 1. The van der Waals surface area contributed by atoms with Crippen molar-refractivity contribution < 1.29 is 0 Å². The molecule has 10 rings (SSSR count). The van der Waals surface area contributed by atoms with Gasteiger partial charge in [0.2, 0.25) is 0 Å². The van der Waals surface area contributed by atoms with Crippen molar-refractivity contribution in [2.24, 2.45) is 0 Å². The molecule has 0 fully saturated rings. The predicted octanol–water partition coefficient (Wildman–Crippen LogP) is 9.66. The van der Waals surface area contributed by atoms with Gasteiger partial charge in [-0.15, -0.1) is 11.3 Å². The van der Waals surface area contributed by atoms with Crippen LogP contribution in [0.15, 0.2) is 114 Å². The van der Waals surface area contributed by atoms with Crippen molar-refractivity contribution in [1.82, 2.24) is 8.97 Å². The van der Waals surface area contributed by atoms with Crippen LogP contribution >= 0.6 is 11.3 Å². The third kappa shape index (κ3) is 2.56. The number of fused-ring (bicyclic) bond motifs is 11. The molecule has 0 unspecified atom stereocenters. The van der Waals surface area contributed by atoms with E-state index in [0.29, 0.717) is 0 Å². The molecule has 42 heavy (non-hydrogen) atoms.